The van der Waals surface area contributed by atoms with Crippen molar-refractivity contribution in [3.8, 4) is 0 Å². The second-order valence-corrected chi connectivity index (χ2v) is 4.41. The molecule has 0 atom stereocenters. The first kappa shape index (κ1) is 22.2. The molecule has 0 spiro atoms. The highest BCUT2D eigenvalue weighted by atomic mass is 35.5. The van der Waals surface area contributed by atoms with Crippen molar-refractivity contribution in [2.24, 2.45) is 0 Å². The summed E-state index contributed by atoms with van der Waals surface area (Å²) in [4.78, 5) is 15.6. The van der Waals surface area contributed by atoms with Crippen molar-refractivity contribution in [1.29, 1.82) is 0 Å². The van der Waals surface area contributed by atoms with Crippen molar-refractivity contribution in [2.75, 3.05) is 32.0 Å². The van der Waals surface area contributed by atoms with E-state index in [1.807, 2.05) is 25.2 Å². The Hall–Kier alpha value is -1.04. The summed E-state index contributed by atoms with van der Waals surface area (Å²) in [7, 11) is 1.90. The number of anilines is 1. The lowest BCUT2D eigenvalue weighted by molar-refractivity contribution is -0.121. The molecule has 1 rings (SSSR count). The molecule has 122 valence electrons. The van der Waals surface area contributed by atoms with Gasteiger partial charge in [0.05, 0.1) is 0 Å². The molecule has 0 aromatic carbocycles. The summed E-state index contributed by atoms with van der Waals surface area (Å²) in [5.74, 6) is 1.05. The molecule has 1 heterocycles. The highest BCUT2D eigenvalue weighted by molar-refractivity contribution is 5.85. The smallest absolute Gasteiger partial charge is 0.220 e. The Morgan fingerprint density at radius 1 is 1.10 bits per heavy atom. The molecule has 5 nitrogen and oxygen atoms in total. The van der Waals surface area contributed by atoms with Gasteiger partial charge < -0.3 is 16.0 Å². The summed E-state index contributed by atoms with van der Waals surface area (Å²) in [6, 6.07) is 5.80. The van der Waals surface area contributed by atoms with E-state index in [1.54, 1.807) is 6.20 Å². The molecule has 0 saturated heterocycles. The number of carbonyl (C=O) groups is 1. The first-order chi connectivity index (χ1) is 9.33. The molecule has 0 fully saturated rings. The fourth-order valence-electron chi connectivity index (χ4n) is 1.68. The van der Waals surface area contributed by atoms with Crippen LogP contribution in [0.4, 0.5) is 5.82 Å². The standard InChI is InChI=1S/C14H24N4O.2ClH/c1-15-9-6-8-14(19)18-12-5-4-11-17-13-7-2-3-10-16-13;;/h2-3,7,10,15H,4-6,8-9,11-12H2,1H3,(H,16,17)(H,18,19);2*1H. The summed E-state index contributed by atoms with van der Waals surface area (Å²) in [5, 5.41) is 9.20. The van der Waals surface area contributed by atoms with Crippen LogP contribution in [0, 0.1) is 0 Å². The topological polar surface area (TPSA) is 66.1 Å². The minimum atomic E-state index is 0. The van der Waals surface area contributed by atoms with Gasteiger partial charge in [-0.05, 0) is 45.0 Å². The van der Waals surface area contributed by atoms with Crippen molar-refractivity contribution in [1.82, 2.24) is 15.6 Å². The van der Waals surface area contributed by atoms with Gasteiger partial charge in [0, 0.05) is 25.7 Å². The first-order valence-corrected chi connectivity index (χ1v) is 6.89. The lowest BCUT2D eigenvalue weighted by atomic mass is 10.2. The van der Waals surface area contributed by atoms with Gasteiger partial charge in [-0.3, -0.25) is 4.79 Å². The second-order valence-electron chi connectivity index (χ2n) is 4.41. The number of hydrogen-bond acceptors (Lipinski definition) is 4. The maximum absolute atomic E-state index is 11.4. The van der Waals surface area contributed by atoms with Gasteiger partial charge in [0.1, 0.15) is 5.82 Å². The van der Waals surface area contributed by atoms with Crippen LogP contribution in [-0.2, 0) is 4.79 Å². The van der Waals surface area contributed by atoms with E-state index < -0.39 is 0 Å². The SMILES string of the molecule is CNCCCC(=O)NCCCCNc1ccccn1.Cl.Cl. The summed E-state index contributed by atoms with van der Waals surface area (Å²) < 4.78 is 0. The number of amides is 1. The van der Waals surface area contributed by atoms with Gasteiger partial charge in [-0.15, -0.1) is 24.8 Å². The number of aromatic nitrogens is 1. The van der Waals surface area contributed by atoms with Gasteiger partial charge in [-0.25, -0.2) is 4.98 Å². The third-order valence-corrected chi connectivity index (χ3v) is 2.73. The fourth-order valence-corrected chi connectivity index (χ4v) is 1.68. The van der Waals surface area contributed by atoms with E-state index in [9.17, 15) is 4.79 Å². The van der Waals surface area contributed by atoms with E-state index in [4.69, 9.17) is 0 Å². The van der Waals surface area contributed by atoms with Crippen LogP contribution in [0.2, 0.25) is 0 Å². The summed E-state index contributed by atoms with van der Waals surface area (Å²) in [6.07, 6.45) is 5.27. The van der Waals surface area contributed by atoms with Gasteiger partial charge >= 0.3 is 0 Å². The lowest BCUT2D eigenvalue weighted by Gasteiger charge is -2.06. The van der Waals surface area contributed by atoms with Crippen molar-refractivity contribution in [3.05, 3.63) is 24.4 Å². The maximum atomic E-state index is 11.4. The van der Waals surface area contributed by atoms with Gasteiger partial charge in [0.15, 0.2) is 0 Å². The minimum Gasteiger partial charge on any atom is -0.370 e. The number of nitrogens with zero attached hydrogens (tertiary/aromatic N) is 1. The van der Waals surface area contributed by atoms with E-state index in [1.165, 1.54) is 0 Å². The number of halogens is 2. The molecule has 0 aliphatic rings. The van der Waals surface area contributed by atoms with E-state index >= 15 is 0 Å². The molecule has 0 bridgehead atoms. The zero-order valence-corrected chi connectivity index (χ0v) is 14.1. The summed E-state index contributed by atoms with van der Waals surface area (Å²) >= 11 is 0. The highest BCUT2D eigenvalue weighted by Gasteiger charge is 1.99. The third kappa shape index (κ3) is 12.4. The van der Waals surface area contributed by atoms with Crippen molar-refractivity contribution < 1.29 is 4.79 Å². The van der Waals surface area contributed by atoms with Crippen LogP contribution >= 0.6 is 24.8 Å². The molecule has 1 amide bonds. The molecular weight excluding hydrogens is 311 g/mol. The zero-order chi connectivity index (χ0) is 13.8. The molecule has 21 heavy (non-hydrogen) atoms. The quantitative estimate of drug-likeness (QED) is 0.573. The molecule has 0 radical (unpaired) electrons. The number of hydrogen-bond donors (Lipinski definition) is 3. The molecule has 1 aromatic heterocycles. The monoisotopic (exact) mass is 336 g/mol. The van der Waals surface area contributed by atoms with E-state index in [0.717, 1.165) is 44.7 Å². The Morgan fingerprint density at radius 2 is 1.86 bits per heavy atom. The fraction of sp³-hybridized carbons (Fsp3) is 0.571. The Kier molecular flexibility index (Phi) is 16.3. The van der Waals surface area contributed by atoms with Gasteiger partial charge in [0.2, 0.25) is 5.91 Å². The summed E-state index contributed by atoms with van der Waals surface area (Å²) in [5.41, 5.74) is 0. The molecule has 0 saturated carbocycles. The van der Waals surface area contributed by atoms with E-state index in [-0.39, 0.29) is 30.7 Å². The molecular formula is C14H26Cl2N4O. The number of pyridine rings is 1. The largest absolute Gasteiger partial charge is 0.370 e. The average Bonchev–Trinajstić information content (AvgIpc) is 2.44. The Balaban J connectivity index is 0. The van der Waals surface area contributed by atoms with Crippen LogP contribution in [-0.4, -0.2) is 37.6 Å². The van der Waals surface area contributed by atoms with Crippen molar-refractivity contribution in [2.45, 2.75) is 25.7 Å². The summed E-state index contributed by atoms with van der Waals surface area (Å²) in [6.45, 7) is 2.52. The van der Waals surface area contributed by atoms with Crippen LogP contribution in [0.15, 0.2) is 24.4 Å². The Labute approximate surface area is 139 Å². The number of unbranched alkanes of at least 4 members (excludes halogenated alkanes) is 1. The van der Waals surface area contributed by atoms with Gasteiger partial charge in [0.25, 0.3) is 0 Å². The van der Waals surface area contributed by atoms with Crippen molar-refractivity contribution >= 4 is 36.5 Å². The van der Waals surface area contributed by atoms with Crippen LogP contribution in [0.1, 0.15) is 25.7 Å². The number of rotatable bonds is 10. The molecule has 0 unspecified atom stereocenters. The van der Waals surface area contributed by atoms with Gasteiger partial charge in [-0.1, -0.05) is 6.07 Å². The van der Waals surface area contributed by atoms with E-state index in [2.05, 4.69) is 20.9 Å². The molecule has 3 N–H and O–H groups in total. The van der Waals surface area contributed by atoms with Crippen LogP contribution in [0.25, 0.3) is 0 Å². The van der Waals surface area contributed by atoms with Crippen LogP contribution in [0.3, 0.4) is 0 Å². The average molecular weight is 337 g/mol. The predicted molar refractivity (Wildman–Crippen MR) is 92.6 cm³/mol. The highest BCUT2D eigenvalue weighted by Crippen LogP contribution is 2.00. The third-order valence-electron chi connectivity index (χ3n) is 2.73. The van der Waals surface area contributed by atoms with E-state index in [0.29, 0.717) is 6.42 Å². The van der Waals surface area contributed by atoms with Crippen LogP contribution in [0.5, 0.6) is 0 Å². The normalized spacial score (nSPS) is 9.19. The van der Waals surface area contributed by atoms with Crippen LogP contribution < -0.4 is 16.0 Å². The lowest BCUT2D eigenvalue weighted by Crippen LogP contribution is -2.25. The molecule has 0 aliphatic heterocycles. The molecule has 0 aliphatic carbocycles. The maximum Gasteiger partial charge on any atom is 0.220 e. The second kappa shape index (κ2) is 15.4. The predicted octanol–water partition coefficient (Wildman–Crippen LogP) is 2.23. The van der Waals surface area contributed by atoms with Crippen molar-refractivity contribution in [3.63, 3.8) is 0 Å². The van der Waals surface area contributed by atoms with Gasteiger partial charge in [-0.2, -0.15) is 0 Å². The Bertz CT molecular complexity index is 352. The molecule has 1 aromatic rings. The molecule has 7 heteroatoms. The first-order valence-electron chi connectivity index (χ1n) is 6.89. The zero-order valence-electron chi connectivity index (χ0n) is 12.4. The number of nitrogens with one attached hydrogen (secondary N) is 3. The minimum absolute atomic E-state index is 0. The number of carbonyl (C=O) groups excluding carboxylic acids is 1. The Morgan fingerprint density at radius 3 is 2.52 bits per heavy atom.